The van der Waals surface area contributed by atoms with Gasteiger partial charge in [-0.2, -0.15) is 0 Å². The number of rotatable bonds is 8. The molecule has 160 valence electrons. The van der Waals surface area contributed by atoms with Crippen molar-refractivity contribution < 1.29 is 19.2 Å². The molecule has 11 nitrogen and oxygen atoms in total. The summed E-state index contributed by atoms with van der Waals surface area (Å²) in [7, 11) is 2.95. The largest absolute Gasteiger partial charge is 0.497 e. The standard InChI is InChI=1S/C19H17ClN6O5/c1-30-13-7-8-15(31-2)14(9-13)23-17-16(26(28)29)18(22-10-21-17)24-25-19(27)11-3-5-12(20)6-4-11/h3-10H,1-2H3,(H,25,27)(H2,21,22,23,24). The molecule has 0 atom stereocenters. The lowest BCUT2D eigenvalue weighted by atomic mass is 10.2. The van der Waals surface area contributed by atoms with Crippen LogP contribution in [0.2, 0.25) is 5.02 Å². The van der Waals surface area contributed by atoms with Gasteiger partial charge in [-0.3, -0.25) is 25.8 Å². The first-order chi connectivity index (χ1) is 14.9. The minimum Gasteiger partial charge on any atom is -0.497 e. The second kappa shape index (κ2) is 9.59. The lowest BCUT2D eigenvalue weighted by Crippen LogP contribution is -2.30. The van der Waals surface area contributed by atoms with Crippen LogP contribution in [0, 0.1) is 10.1 Å². The van der Waals surface area contributed by atoms with Crippen LogP contribution in [-0.2, 0) is 0 Å². The zero-order valence-electron chi connectivity index (χ0n) is 16.4. The number of amides is 1. The van der Waals surface area contributed by atoms with Crippen molar-refractivity contribution in [3.8, 4) is 11.5 Å². The molecule has 0 aliphatic rings. The van der Waals surface area contributed by atoms with E-state index in [1.54, 1.807) is 30.3 Å². The van der Waals surface area contributed by atoms with Gasteiger partial charge in [0.1, 0.15) is 17.8 Å². The molecule has 1 heterocycles. The molecule has 2 aromatic carbocycles. The fraction of sp³-hybridized carbons (Fsp3) is 0.105. The SMILES string of the molecule is COc1ccc(OC)c(Nc2ncnc(NNC(=O)c3ccc(Cl)cc3)c2[N+](=O)[O-])c1. The fourth-order valence-corrected chi connectivity index (χ4v) is 2.69. The Morgan fingerprint density at radius 2 is 1.77 bits per heavy atom. The zero-order valence-corrected chi connectivity index (χ0v) is 17.1. The molecule has 1 aromatic heterocycles. The van der Waals surface area contributed by atoms with Gasteiger partial charge in [0.15, 0.2) is 0 Å². The highest BCUT2D eigenvalue weighted by Crippen LogP contribution is 2.35. The summed E-state index contributed by atoms with van der Waals surface area (Å²) in [5, 5.41) is 15.0. The number of carbonyl (C=O) groups excluding carboxylic acids is 1. The van der Waals surface area contributed by atoms with Crippen molar-refractivity contribution in [1.29, 1.82) is 0 Å². The number of nitrogens with zero attached hydrogens (tertiary/aromatic N) is 3. The van der Waals surface area contributed by atoms with Gasteiger partial charge in [0, 0.05) is 16.7 Å². The topological polar surface area (TPSA) is 141 Å². The van der Waals surface area contributed by atoms with Gasteiger partial charge in [-0.1, -0.05) is 11.6 Å². The Balaban J connectivity index is 1.87. The third-order valence-corrected chi connectivity index (χ3v) is 4.32. The maximum absolute atomic E-state index is 12.3. The third-order valence-electron chi connectivity index (χ3n) is 4.07. The molecule has 3 aromatic rings. The zero-order chi connectivity index (χ0) is 22.4. The third kappa shape index (κ3) is 5.08. The highest BCUT2D eigenvalue weighted by atomic mass is 35.5. The van der Waals surface area contributed by atoms with Crippen molar-refractivity contribution in [2.75, 3.05) is 25.0 Å². The number of aromatic nitrogens is 2. The summed E-state index contributed by atoms with van der Waals surface area (Å²) in [6.07, 6.45) is 1.11. The minimum absolute atomic E-state index is 0.116. The minimum atomic E-state index is -0.675. The van der Waals surface area contributed by atoms with E-state index in [-0.39, 0.29) is 11.6 Å². The number of benzene rings is 2. The average Bonchev–Trinajstić information content (AvgIpc) is 2.77. The molecule has 0 fully saturated rings. The molecule has 0 unspecified atom stereocenters. The molecule has 0 aliphatic heterocycles. The molecule has 0 aliphatic carbocycles. The van der Waals surface area contributed by atoms with E-state index in [9.17, 15) is 14.9 Å². The lowest BCUT2D eigenvalue weighted by Gasteiger charge is -2.13. The molecule has 0 saturated carbocycles. The highest BCUT2D eigenvalue weighted by Gasteiger charge is 2.24. The summed E-state index contributed by atoms with van der Waals surface area (Å²) in [6, 6.07) is 11.0. The first-order valence-electron chi connectivity index (χ1n) is 8.73. The quantitative estimate of drug-likeness (QED) is 0.351. The molecular formula is C19H17ClN6O5. The van der Waals surface area contributed by atoms with Crippen LogP contribution in [0.1, 0.15) is 10.4 Å². The van der Waals surface area contributed by atoms with Crippen LogP contribution in [0.25, 0.3) is 0 Å². The van der Waals surface area contributed by atoms with Gasteiger partial charge in [0.2, 0.25) is 11.6 Å². The normalized spacial score (nSPS) is 10.2. The first-order valence-corrected chi connectivity index (χ1v) is 9.11. The van der Waals surface area contributed by atoms with E-state index < -0.39 is 16.5 Å². The van der Waals surface area contributed by atoms with Crippen LogP contribution >= 0.6 is 11.6 Å². The van der Waals surface area contributed by atoms with Gasteiger partial charge in [-0.05, 0) is 36.4 Å². The number of nitrogens with one attached hydrogen (secondary N) is 3. The Morgan fingerprint density at radius 3 is 2.42 bits per heavy atom. The summed E-state index contributed by atoms with van der Waals surface area (Å²) >= 11 is 5.81. The van der Waals surface area contributed by atoms with E-state index in [1.807, 2.05) is 0 Å². The maximum atomic E-state index is 12.3. The van der Waals surface area contributed by atoms with Crippen LogP contribution in [-0.4, -0.2) is 35.0 Å². The predicted molar refractivity (Wildman–Crippen MR) is 114 cm³/mol. The Labute approximate surface area is 181 Å². The Bertz CT molecular complexity index is 1110. The summed E-state index contributed by atoms with van der Waals surface area (Å²) in [5.74, 6) is 0.0582. The summed E-state index contributed by atoms with van der Waals surface area (Å²) in [4.78, 5) is 31.1. The Kier molecular flexibility index (Phi) is 6.67. The Morgan fingerprint density at radius 1 is 1.06 bits per heavy atom. The van der Waals surface area contributed by atoms with Gasteiger partial charge in [0.25, 0.3) is 5.91 Å². The number of carbonyl (C=O) groups is 1. The molecule has 3 rings (SSSR count). The van der Waals surface area contributed by atoms with E-state index in [2.05, 4.69) is 26.1 Å². The van der Waals surface area contributed by atoms with Crippen LogP contribution in [0.5, 0.6) is 11.5 Å². The number of halogens is 1. The number of nitro groups is 1. The monoisotopic (exact) mass is 444 g/mol. The number of hydrazine groups is 1. The molecule has 0 saturated heterocycles. The van der Waals surface area contributed by atoms with Crippen molar-refractivity contribution in [2.45, 2.75) is 0 Å². The van der Waals surface area contributed by atoms with E-state index in [0.717, 1.165) is 6.33 Å². The highest BCUT2D eigenvalue weighted by molar-refractivity contribution is 6.30. The smallest absolute Gasteiger partial charge is 0.355 e. The number of anilines is 3. The van der Waals surface area contributed by atoms with Crippen molar-refractivity contribution >= 4 is 40.5 Å². The number of hydrogen-bond acceptors (Lipinski definition) is 9. The first kappa shape index (κ1) is 21.6. The van der Waals surface area contributed by atoms with E-state index in [1.165, 1.54) is 26.4 Å². The van der Waals surface area contributed by atoms with Gasteiger partial charge in [-0.15, -0.1) is 0 Å². The van der Waals surface area contributed by atoms with Gasteiger partial charge >= 0.3 is 5.69 Å². The number of hydrogen-bond donors (Lipinski definition) is 3. The molecular weight excluding hydrogens is 428 g/mol. The fourth-order valence-electron chi connectivity index (χ4n) is 2.56. The molecule has 0 bridgehead atoms. The molecule has 3 N–H and O–H groups in total. The van der Waals surface area contributed by atoms with Crippen molar-refractivity contribution in [2.24, 2.45) is 0 Å². The number of ether oxygens (including phenoxy) is 2. The molecule has 0 radical (unpaired) electrons. The van der Waals surface area contributed by atoms with E-state index >= 15 is 0 Å². The Hall–Kier alpha value is -4.12. The summed E-state index contributed by atoms with van der Waals surface area (Å²) in [5.41, 5.74) is 5.03. The summed E-state index contributed by atoms with van der Waals surface area (Å²) < 4.78 is 10.4. The second-order valence-electron chi connectivity index (χ2n) is 5.95. The molecule has 0 spiro atoms. The molecule has 1 amide bonds. The predicted octanol–water partition coefficient (Wildman–Crippen LogP) is 3.56. The van der Waals surface area contributed by atoms with Gasteiger partial charge in [0.05, 0.1) is 24.8 Å². The van der Waals surface area contributed by atoms with Crippen molar-refractivity contribution in [3.05, 3.63) is 69.5 Å². The second-order valence-corrected chi connectivity index (χ2v) is 6.39. The van der Waals surface area contributed by atoms with Crippen molar-refractivity contribution in [1.82, 2.24) is 15.4 Å². The van der Waals surface area contributed by atoms with E-state index in [0.29, 0.717) is 27.8 Å². The maximum Gasteiger partial charge on any atom is 0.355 e. The van der Waals surface area contributed by atoms with Crippen LogP contribution in [0.3, 0.4) is 0 Å². The number of methoxy groups -OCH3 is 2. The van der Waals surface area contributed by atoms with Crippen LogP contribution in [0.4, 0.5) is 23.0 Å². The van der Waals surface area contributed by atoms with Crippen LogP contribution < -0.4 is 25.6 Å². The molecule has 31 heavy (non-hydrogen) atoms. The van der Waals surface area contributed by atoms with Gasteiger partial charge in [-0.25, -0.2) is 9.97 Å². The van der Waals surface area contributed by atoms with Gasteiger partial charge < -0.3 is 14.8 Å². The van der Waals surface area contributed by atoms with E-state index in [4.69, 9.17) is 21.1 Å². The molecule has 12 heteroatoms. The lowest BCUT2D eigenvalue weighted by molar-refractivity contribution is -0.383. The average molecular weight is 445 g/mol. The van der Waals surface area contributed by atoms with Crippen LogP contribution in [0.15, 0.2) is 48.8 Å². The summed E-state index contributed by atoms with van der Waals surface area (Å²) in [6.45, 7) is 0. The van der Waals surface area contributed by atoms with Crippen molar-refractivity contribution in [3.63, 3.8) is 0 Å².